The summed E-state index contributed by atoms with van der Waals surface area (Å²) in [6.07, 6.45) is 6.36. The number of hydrogen-bond acceptors (Lipinski definition) is 5. The van der Waals surface area contributed by atoms with Gasteiger partial charge >= 0.3 is 0 Å². The zero-order chi connectivity index (χ0) is 19.5. The maximum Gasteiger partial charge on any atom is 0.258 e. The van der Waals surface area contributed by atoms with Crippen molar-refractivity contribution in [1.29, 1.82) is 0 Å². The van der Waals surface area contributed by atoms with E-state index in [9.17, 15) is 9.90 Å². The van der Waals surface area contributed by atoms with Gasteiger partial charge in [-0.15, -0.1) is 11.3 Å². The molecule has 0 amide bonds. The quantitative estimate of drug-likeness (QED) is 0.689. The van der Waals surface area contributed by atoms with Gasteiger partial charge in [-0.2, -0.15) is 0 Å². The van der Waals surface area contributed by atoms with Crippen LogP contribution >= 0.6 is 11.3 Å². The molecule has 0 bridgehead atoms. The van der Waals surface area contributed by atoms with Crippen molar-refractivity contribution in [3.63, 3.8) is 0 Å². The molecule has 1 N–H and O–H groups in total. The van der Waals surface area contributed by atoms with Crippen molar-refractivity contribution >= 4 is 23.1 Å². The zero-order valence-electron chi connectivity index (χ0n) is 15.7. The molecule has 0 unspecified atom stereocenters. The van der Waals surface area contributed by atoms with Crippen LogP contribution in [0.4, 0.5) is 0 Å². The van der Waals surface area contributed by atoms with Crippen LogP contribution in [0.2, 0.25) is 0 Å². The maximum atomic E-state index is 12.6. The molecule has 1 aromatic carbocycles. The number of aryl methyl sites for hydroxylation is 2. The minimum absolute atomic E-state index is 0.0471. The van der Waals surface area contributed by atoms with Gasteiger partial charge in [0.25, 0.3) is 5.56 Å². The molecule has 4 rings (SSSR count). The number of aliphatic hydroxyl groups excluding tert-OH is 1. The fourth-order valence-corrected chi connectivity index (χ4v) is 4.12. The predicted octanol–water partition coefficient (Wildman–Crippen LogP) is 3.88. The molecule has 3 aromatic rings. The molecule has 0 spiro atoms. The summed E-state index contributed by atoms with van der Waals surface area (Å²) in [4.78, 5) is 17.1. The third-order valence-corrected chi connectivity index (χ3v) is 5.76. The van der Waals surface area contributed by atoms with Gasteiger partial charge in [-0.3, -0.25) is 9.36 Å². The topological polar surface area (TPSA) is 64.3 Å². The Morgan fingerprint density at radius 2 is 2.14 bits per heavy atom. The fourth-order valence-electron chi connectivity index (χ4n) is 3.33. The van der Waals surface area contributed by atoms with E-state index in [1.807, 2.05) is 35.7 Å². The molecule has 0 fully saturated rings. The maximum absolute atomic E-state index is 12.6. The molecule has 6 heteroatoms. The smallest absolute Gasteiger partial charge is 0.258 e. The zero-order valence-corrected chi connectivity index (χ0v) is 16.5. The number of hydrogen-bond donors (Lipinski definition) is 1. The van der Waals surface area contributed by atoms with E-state index in [0.717, 1.165) is 46.8 Å². The number of pyridine rings is 1. The van der Waals surface area contributed by atoms with Crippen LogP contribution in [0.3, 0.4) is 0 Å². The van der Waals surface area contributed by atoms with Crippen molar-refractivity contribution < 1.29 is 9.84 Å². The number of rotatable bonds is 6. The van der Waals surface area contributed by atoms with Gasteiger partial charge in [0.2, 0.25) is 0 Å². The standard InChI is InChI=1S/C22H22N2O3S/c1-2-18-14-28-21(23-18)13-27-20-7-8-24(22(26)11-20)19-6-5-16-9-15(12-25)3-4-17(16)10-19/h3-4,7-11,14,25H,2,5-6,12-13H2,1H3. The average molecular weight is 394 g/mol. The van der Waals surface area contributed by atoms with Crippen LogP contribution in [-0.4, -0.2) is 14.7 Å². The van der Waals surface area contributed by atoms with E-state index in [2.05, 4.69) is 11.9 Å². The lowest BCUT2D eigenvalue weighted by atomic mass is 9.93. The highest BCUT2D eigenvalue weighted by Crippen LogP contribution is 2.27. The van der Waals surface area contributed by atoms with Gasteiger partial charge in [-0.25, -0.2) is 4.98 Å². The van der Waals surface area contributed by atoms with Crippen LogP contribution in [0.15, 0.2) is 46.7 Å². The molecule has 144 valence electrons. The average Bonchev–Trinajstić information content (AvgIpc) is 3.20. The van der Waals surface area contributed by atoms with Crippen molar-refractivity contribution in [1.82, 2.24) is 9.55 Å². The monoisotopic (exact) mass is 394 g/mol. The van der Waals surface area contributed by atoms with Gasteiger partial charge in [0, 0.05) is 23.3 Å². The van der Waals surface area contributed by atoms with Crippen LogP contribution in [-0.2, 0) is 26.1 Å². The third kappa shape index (κ3) is 3.93. The first-order valence-electron chi connectivity index (χ1n) is 9.38. The Bertz CT molecular complexity index is 1080. The number of aliphatic hydroxyl groups is 1. The lowest BCUT2D eigenvalue weighted by Crippen LogP contribution is -2.19. The van der Waals surface area contributed by atoms with Crippen LogP contribution < -0.4 is 10.3 Å². The minimum atomic E-state index is -0.104. The molecule has 0 saturated carbocycles. The first kappa shape index (κ1) is 18.7. The molecule has 5 nitrogen and oxygen atoms in total. The first-order valence-corrected chi connectivity index (χ1v) is 10.3. The van der Waals surface area contributed by atoms with E-state index in [0.29, 0.717) is 12.4 Å². The van der Waals surface area contributed by atoms with Crippen molar-refractivity contribution in [3.05, 3.63) is 79.7 Å². The molecule has 0 aliphatic heterocycles. The number of benzene rings is 1. The Balaban J connectivity index is 1.51. The predicted molar refractivity (Wildman–Crippen MR) is 111 cm³/mol. The molecular formula is C22H22N2O3S. The molecule has 0 atom stereocenters. The summed E-state index contributed by atoms with van der Waals surface area (Å²) >= 11 is 1.58. The summed E-state index contributed by atoms with van der Waals surface area (Å²) in [6.45, 7) is 2.49. The lowest BCUT2D eigenvalue weighted by molar-refractivity contribution is 0.281. The Hall–Kier alpha value is -2.70. The van der Waals surface area contributed by atoms with Crippen LogP contribution in [0.5, 0.6) is 5.75 Å². The van der Waals surface area contributed by atoms with Gasteiger partial charge in [-0.1, -0.05) is 25.1 Å². The molecular weight excluding hydrogens is 372 g/mol. The Labute approximate surface area is 167 Å². The summed E-state index contributed by atoms with van der Waals surface area (Å²) in [7, 11) is 0. The van der Waals surface area contributed by atoms with Gasteiger partial charge in [0.15, 0.2) is 0 Å². The van der Waals surface area contributed by atoms with E-state index in [-0.39, 0.29) is 12.2 Å². The first-order chi connectivity index (χ1) is 13.7. The Morgan fingerprint density at radius 1 is 1.25 bits per heavy atom. The Kier molecular flexibility index (Phi) is 5.41. The van der Waals surface area contributed by atoms with E-state index < -0.39 is 0 Å². The number of aromatic nitrogens is 2. The van der Waals surface area contributed by atoms with Gasteiger partial charge in [0.1, 0.15) is 17.4 Å². The van der Waals surface area contributed by atoms with E-state index >= 15 is 0 Å². The van der Waals surface area contributed by atoms with Gasteiger partial charge < -0.3 is 9.84 Å². The molecule has 0 saturated heterocycles. The van der Waals surface area contributed by atoms with Gasteiger partial charge in [-0.05, 0) is 48.1 Å². The molecule has 1 aliphatic carbocycles. The number of allylic oxidation sites excluding steroid dienone is 1. The molecule has 2 heterocycles. The second-order valence-electron chi connectivity index (χ2n) is 6.77. The number of thiazole rings is 1. The highest BCUT2D eigenvalue weighted by Gasteiger charge is 2.14. The van der Waals surface area contributed by atoms with Crippen LogP contribution in [0.25, 0.3) is 11.8 Å². The second-order valence-corrected chi connectivity index (χ2v) is 7.72. The fraction of sp³-hybridized carbons (Fsp3) is 0.273. The van der Waals surface area contributed by atoms with E-state index in [1.165, 1.54) is 11.6 Å². The van der Waals surface area contributed by atoms with Crippen molar-refractivity contribution in [2.75, 3.05) is 0 Å². The molecule has 1 aliphatic rings. The molecule has 2 aromatic heterocycles. The van der Waals surface area contributed by atoms with Gasteiger partial charge in [0.05, 0.1) is 12.3 Å². The normalized spacial score (nSPS) is 13.1. The summed E-state index contributed by atoms with van der Waals surface area (Å²) in [5, 5.41) is 12.2. The summed E-state index contributed by atoms with van der Waals surface area (Å²) in [5.41, 5.74) is 5.15. The highest BCUT2D eigenvalue weighted by atomic mass is 32.1. The number of nitrogens with zero attached hydrogens (tertiary/aromatic N) is 2. The van der Waals surface area contributed by atoms with Crippen LogP contribution in [0, 0.1) is 0 Å². The SMILES string of the molecule is CCc1csc(COc2ccn(C3=Cc4ccc(CO)cc4CC3)c(=O)c2)n1. The minimum Gasteiger partial charge on any atom is -0.486 e. The third-order valence-electron chi connectivity index (χ3n) is 4.89. The largest absolute Gasteiger partial charge is 0.486 e. The summed E-state index contributed by atoms with van der Waals surface area (Å²) < 4.78 is 7.42. The summed E-state index contributed by atoms with van der Waals surface area (Å²) in [5.74, 6) is 0.555. The van der Waals surface area contributed by atoms with E-state index in [1.54, 1.807) is 22.1 Å². The number of fused-ring (bicyclic) bond motifs is 1. The van der Waals surface area contributed by atoms with E-state index in [4.69, 9.17) is 4.74 Å². The van der Waals surface area contributed by atoms with Crippen molar-refractivity contribution in [2.45, 2.75) is 39.4 Å². The highest BCUT2D eigenvalue weighted by molar-refractivity contribution is 7.09. The molecule has 0 radical (unpaired) electrons. The van der Waals surface area contributed by atoms with Crippen molar-refractivity contribution in [3.8, 4) is 5.75 Å². The van der Waals surface area contributed by atoms with Crippen LogP contribution in [0.1, 0.15) is 40.7 Å². The summed E-state index contributed by atoms with van der Waals surface area (Å²) in [6, 6.07) is 9.30. The lowest BCUT2D eigenvalue weighted by Gasteiger charge is -2.19. The molecule has 28 heavy (non-hydrogen) atoms. The second kappa shape index (κ2) is 8.12. The van der Waals surface area contributed by atoms with Crippen molar-refractivity contribution in [2.24, 2.45) is 0 Å². The Morgan fingerprint density at radius 3 is 2.89 bits per heavy atom. The number of ether oxygens (including phenoxy) is 1.